The van der Waals surface area contributed by atoms with Crippen LogP contribution in [0.3, 0.4) is 0 Å². The highest BCUT2D eigenvalue weighted by molar-refractivity contribution is 6.37. The lowest BCUT2D eigenvalue weighted by molar-refractivity contribution is -0.123. The predicted octanol–water partition coefficient (Wildman–Crippen LogP) is 6.50. The molecule has 7 rings (SSSR count). The van der Waals surface area contributed by atoms with Crippen LogP contribution in [0.4, 0.5) is 32.2 Å². The van der Waals surface area contributed by atoms with Crippen molar-refractivity contribution in [2.24, 2.45) is 13.0 Å². The van der Waals surface area contributed by atoms with E-state index >= 15 is 8.78 Å². The Morgan fingerprint density at radius 3 is 2.50 bits per heavy atom. The number of carbonyl (C=O) groups excluding carboxylic acids is 2. The van der Waals surface area contributed by atoms with Crippen LogP contribution in [0.25, 0.3) is 22.0 Å². The lowest BCUT2D eigenvalue weighted by Gasteiger charge is -2.23. The molecule has 3 atom stereocenters. The fourth-order valence-electron chi connectivity index (χ4n) is 7.34. The molecule has 1 fully saturated rings. The molecular formula is C39H35ClF6N8O4. The molecule has 5 aromatic rings. The third kappa shape index (κ3) is 7.98. The third-order valence-corrected chi connectivity index (χ3v) is 10.1. The Kier molecular flexibility index (Phi) is 10.8. The number of methoxy groups -OCH3 is 1. The van der Waals surface area contributed by atoms with Crippen molar-refractivity contribution < 1.29 is 45.8 Å². The highest BCUT2D eigenvalue weighted by Crippen LogP contribution is 2.68. The molecule has 304 valence electrons. The van der Waals surface area contributed by atoms with Crippen molar-refractivity contribution in [1.29, 1.82) is 0 Å². The van der Waals surface area contributed by atoms with E-state index in [0.29, 0.717) is 27.2 Å². The van der Waals surface area contributed by atoms with Crippen LogP contribution in [0.15, 0.2) is 36.5 Å². The second-order valence-corrected chi connectivity index (χ2v) is 15.1. The fourth-order valence-corrected chi connectivity index (χ4v) is 7.59. The minimum Gasteiger partial charge on any atom is -0.384 e. The first-order valence-electron chi connectivity index (χ1n) is 17.9. The molecule has 0 bridgehead atoms. The molecule has 3 aromatic heterocycles. The molecule has 2 aliphatic carbocycles. The number of anilines is 1. The average Bonchev–Trinajstić information content (AvgIpc) is 3.68. The van der Waals surface area contributed by atoms with E-state index in [1.165, 1.54) is 37.9 Å². The summed E-state index contributed by atoms with van der Waals surface area (Å²) in [6.45, 7) is 2.07. The third-order valence-electron chi connectivity index (χ3n) is 9.80. The summed E-state index contributed by atoms with van der Waals surface area (Å²) in [7, 11) is 3.03. The molecule has 2 aromatic carbocycles. The number of rotatable bonds is 12. The standard InChI is InChI=1S/C39H35ClF6N8O4/c1-38(2,57)9-7-27-47-16-23(21-5-6-25(40)31-34(21)53(3)52-37(31)50-28(55)8-10-58-4)32(49-27)26(13-18-11-19(41)14-20(42)12-18)48-29(56)17-54-35-30(33(51-54)36(43)44)22-15-24(22)39(35,45)46/h5-6,11-12,14,16,22,24,26,36,57H,8,10,13,15,17H2,1-4H3,(H,48,56)(H,50,52,55)/t22-,24+,26-/m0/s1. The highest BCUT2D eigenvalue weighted by Gasteiger charge is 2.67. The minimum atomic E-state index is -3.50. The van der Waals surface area contributed by atoms with E-state index in [1.807, 2.05) is 0 Å². The average molecular weight is 829 g/mol. The topological polar surface area (TPSA) is 149 Å². The Morgan fingerprint density at radius 1 is 1.10 bits per heavy atom. The SMILES string of the molecule is COCCC(=O)Nc1nn(C)c2c(-c3cnc(C#CC(C)(C)O)nc3[C@H](Cc3cc(F)cc(F)c3)NC(=O)Cn3nc(C(F)F)c4c3C(F)(F)[C@@H]3C[C@H]43)ccc(Cl)c12. The Hall–Kier alpha value is -5.51. The minimum absolute atomic E-state index is 0.00843. The Balaban J connectivity index is 1.36. The van der Waals surface area contributed by atoms with Gasteiger partial charge in [-0.05, 0) is 62.3 Å². The maximum absolute atomic E-state index is 15.4. The summed E-state index contributed by atoms with van der Waals surface area (Å²) < 4.78 is 95.1. The molecule has 0 spiro atoms. The lowest BCUT2D eigenvalue weighted by Crippen LogP contribution is -2.35. The maximum Gasteiger partial charge on any atom is 0.293 e. The zero-order chi connectivity index (χ0) is 41.8. The van der Waals surface area contributed by atoms with Gasteiger partial charge in [0.25, 0.3) is 12.3 Å². The predicted molar refractivity (Wildman–Crippen MR) is 198 cm³/mol. The summed E-state index contributed by atoms with van der Waals surface area (Å²) in [6, 6.07) is 4.51. The van der Waals surface area contributed by atoms with Gasteiger partial charge in [0.1, 0.15) is 35.2 Å². The smallest absolute Gasteiger partial charge is 0.293 e. The van der Waals surface area contributed by atoms with Gasteiger partial charge in [0.05, 0.1) is 40.7 Å². The molecule has 0 radical (unpaired) electrons. The highest BCUT2D eigenvalue weighted by atomic mass is 35.5. The Bertz CT molecular complexity index is 2500. The van der Waals surface area contributed by atoms with E-state index in [-0.39, 0.29) is 64.9 Å². The normalized spacial score (nSPS) is 17.1. The first-order chi connectivity index (χ1) is 27.4. The molecule has 58 heavy (non-hydrogen) atoms. The summed E-state index contributed by atoms with van der Waals surface area (Å²) >= 11 is 6.67. The largest absolute Gasteiger partial charge is 0.384 e. The van der Waals surface area contributed by atoms with Crippen molar-refractivity contribution in [3.8, 4) is 23.0 Å². The van der Waals surface area contributed by atoms with Gasteiger partial charge in [-0.15, -0.1) is 0 Å². The number of aryl methyl sites for hydroxylation is 1. The number of aliphatic hydroxyl groups is 1. The molecule has 0 aliphatic heterocycles. The Labute approximate surface area is 331 Å². The van der Waals surface area contributed by atoms with Gasteiger partial charge < -0.3 is 20.5 Å². The number of benzene rings is 2. The van der Waals surface area contributed by atoms with Crippen molar-refractivity contribution in [2.75, 3.05) is 19.0 Å². The molecule has 19 heteroatoms. The van der Waals surface area contributed by atoms with E-state index in [9.17, 15) is 32.3 Å². The molecular weight excluding hydrogens is 794 g/mol. The van der Waals surface area contributed by atoms with Gasteiger partial charge >= 0.3 is 0 Å². The van der Waals surface area contributed by atoms with Crippen LogP contribution < -0.4 is 10.6 Å². The molecule has 12 nitrogen and oxygen atoms in total. The van der Waals surface area contributed by atoms with Gasteiger partial charge in [0.15, 0.2) is 5.82 Å². The van der Waals surface area contributed by atoms with E-state index in [1.54, 1.807) is 13.1 Å². The van der Waals surface area contributed by atoms with Crippen molar-refractivity contribution in [3.05, 3.63) is 87.2 Å². The number of fused-ring (bicyclic) bond motifs is 4. The van der Waals surface area contributed by atoms with Gasteiger partial charge in [0, 0.05) is 49.0 Å². The van der Waals surface area contributed by atoms with Crippen molar-refractivity contribution >= 4 is 40.1 Å². The number of ether oxygens (including phenoxy) is 1. The number of nitrogens with zero attached hydrogens (tertiary/aromatic N) is 6. The second-order valence-electron chi connectivity index (χ2n) is 14.7. The van der Waals surface area contributed by atoms with Crippen molar-refractivity contribution in [3.63, 3.8) is 0 Å². The van der Waals surface area contributed by atoms with Crippen molar-refractivity contribution in [2.45, 2.75) is 69.6 Å². The van der Waals surface area contributed by atoms with Crippen LogP contribution in [0.1, 0.15) is 79.1 Å². The van der Waals surface area contributed by atoms with Crippen LogP contribution in [0.2, 0.25) is 5.02 Å². The number of hydrogen-bond acceptors (Lipinski definition) is 8. The van der Waals surface area contributed by atoms with E-state index < -0.39 is 77.2 Å². The van der Waals surface area contributed by atoms with Crippen LogP contribution in [-0.4, -0.2) is 65.8 Å². The first-order valence-corrected chi connectivity index (χ1v) is 18.3. The second kappa shape index (κ2) is 15.3. The van der Waals surface area contributed by atoms with Crippen LogP contribution in [0, 0.1) is 29.4 Å². The monoisotopic (exact) mass is 828 g/mol. The summed E-state index contributed by atoms with van der Waals surface area (Å²) in [5, 5.41) is 24.5. The van der Waals surface area contributed by atoms with Gasteiger partial charge in [-0.25, -0.2) is 27.5 Å². The number of aromatic nitrogens is 6. The van der Waals surface area contributed by atoms with Gasteiger partial charge in [-0.3, -0.25) is 19.0 Å². The van der Waals surface area contributed by atoms with Gasteiger partial charge in [0.2, 0.25) is 17.6 Å². The van der Waals surface area contributed by atoms with Crippen LogP contribution in [0.5, 0.6) is 0 Å². The molecule has 3 N–H and O–H groups in total. The van der Waals surface area contributed by atoms with Crippen LogP contribution >= 0.6 is 11.6 Å². The molecule has 0 saturated heterocycles. The molecule has 0 unspecified atom stereocenters. The van der Waals surface area contributed by atoms with E-state index in [2.05, 4.69) is 42.6 Å². The fraction of sp³-hybridized carbons (Fsp3) is 0.385. The van der Waals surface area contributed by atoms with Gasteiger partial charge in [-0.2, -0.15) is 19.0 Å². The number of amides is 2. The number of alkyl halides is 4. The zero-order valence-corrected chi connectivity index (χ0v) is 32.1. The summed E-state index contributed by atoms with van der Waals surface area (Å²) in [5.74, 6) is -3.46. The number of halogens is 7. The molecule has 2 amide bonds. The summed E-state index contributed by atoms with van der Waals surface area (Å²) in [4.78, 5) is 35.7. The van der Waals surface area contributed by atoms with Gasteiger partial charge in [-0.1, -0.05) is 23.6 Å². The number of hydrogen-bond donors (Lipinski definition) is 3. The lowest BCUT2D eigenvalue weighted by atomic mass is 9.95. The molecule has 1 saturated carbocycles. The quantitative estimate of drug-likeness (QED) is 0.0954. The Morgan fingerprint density at radius 2 is 1.83 bits per heavy atom. The first kappa shape index (κ1) is 40.7. The number of nitrogens with one attached hydrogen (secondary N) is 2. The summed E-state index contributed by atoms with van der Waals surface area (Å²) in [6.07, 6.45) is -2.11. The zero-order valence-electron chi connectivity index (χ0n) is 31.3. The molecule has 2 aliphatic rings. The number of carbonyl (C=O) groups is 2. The summed E-state index contributed by atoms with van der Waals surface area (Å²) in [5.41, 5.74) is -2.31. The van der Waals surface area contributed by atoms with E-state index in [4.69, 9.17) is 16.3 Å². The maximum atomic E-state index is 15.4. The van der Waals surface area contributed by atoms with Crippen molar-refractivity contribution in [1.82, 2.24) is 34.8 Å². The van der Waals surface area contributed by atoms with E-state index in [0.717, 1.165) is 12.1 Å². The molecule has 3 heterocycles. The van der Waals surface area contributed by atoms with Crippen LogP contribution in [-0.2, 0) is 40.3 Å².